The van der Waals surface area contributed by atoms with Crippen molar-refractivity contribution in [2.75, 3.05) is 13.1 Å². The highest BCUT2D eigenvalue weighted by Gasteiger charge is 2.47. The molecule has 2 heterocycles. The van der Waals surface area contributed by atoms with Crippen LogP contribution in [0.3, 0.4) is 0 Å². The molecule has 1 aromatic heterocycles. The minimum absolute atomic E-state index is 0.0605. The molecule has 0 bridgehead atoms. The fourth-order valence-electron chi connectivity index (χ4n) is 3.19. The first-order chi connectivity index (χ1) is 10.7. The average Bonchev–Trinajstić information content (AvgIpc) is 3.09. The summed E-state index contributed by atoms with van der Waals surface area (Å²) in [5.74, 6) is 0.587. The van der Waals surface area contributed by atoms with Crippen LogP contribution in [0.2, 0.25) is 0 Å². The Morgan fingerprint density at radius 2 is 1.82 bits per heavy atom. The molecule has 0 N–H and O–H groups in total. The van der Waals surface area contributed by atoms with Crippen molar-refractivity contribution in [2.45, 2.75) is 29.9 Å². The fraction of sp³-hybridized carbons (Fsp3) is 0.467. The van der Waals surface area contributed by atoms with Crippen LogP contribution in [0.15, 0.2) is 41.2 Å². The molecular formula is C15H17N3O3S. The van der Waals surface area contributed by atoms with Crippen LogP contribution in [0, 0.1) is 0 Å². The van der Waals surface area contributed by atoms with Crippen LogP contribution in [0.4, 0.5) is 0 Å². The summed E-state index contributed by atoms with van der Waals surface area (Å²) in [5.41, 5.74) is 1.12. The second kappa shape index (κ2) is 5.17. The van der Waals surface area contributed by atoms with Crippen molar-refractivity contribution in [3.8, 4) is 0 Å². The molecule has 2 aromatic rings. The van der Waals surface area contributed by atoms with Gasteiger partial charge in [-0.15, -0.1) is 0 Å². The zero-order chi connectivity index (χ0) is 15.2. The van der Waals surface area contributed by atoms with Gasteiger partial charge in [0.15, 0.2) is 5.82 Å². The van der Waals surface area contributed by atoms with E-state index in [1.165, 1.54) is 6.39 Å². The van der Waals surface area contributed by atoms with Gasteiger partial charge in [-0.05, 0) is 18.4 Å². The minimum atomic E-state index is -3.18. The molecule has 7 heteroatoms. The Hall–Kier alpha value is -1.73. The zero-order valence-electron chi connectivity index (χ0n) is 12.0. The quantitative estimate of drug-likeness (QED) is 0.858. The maximum Gasteiger partial charge on any atom is 0.217 e. The first-order valence-electron chi connectivity index (χ1n) is 7.46. The lowest BCUT2D eigenvalue weighted by molar-refractivity contribution is 0.401. The fourth-order valence-corrected chi connectivity index (χ4v) is 5.08. The van der Waals surface area contributed by atoms with Gasteiger partial charge in [0, 0.05) is 24.9 Å². The molecule has 0 amide bonds. The van der Waals surface area contributed by atoms with Crippen molar-refractivity contribution in [1.29, 1.82) is 0 Å². The van der Waals surface area contributed by atoms with E-state index < -0.39 is 10.0 Å². The average molecular weight is 319 g/mol. The van der Waals surface area contributed by atoms with Crippen LogP contribution in [0.5, 0.6) is 0 Å². The molecule has 0 unspecified atom stereocenters. The van der Waals surface area contributed by atoms with Gasteiger partial charge in [-0.3, -0.25) is 0 Å². The van der Waals surface area contributed by atoms with Crippen molar-refractivity contribution in [3.63, 3.8) is 0 Å². The SMILES string of the molecule is O=S(=O)(C1CC1)N1C[C@H](c2ccccc2)[C@H](c2ncon2)C1. The summed E-state index contributed by atoms with van der Waals surface area (Å²) in [6, 6.07) is 9.97. The molecule has 116 valence electrons. The van der Waals surface area contributed by atoms with Crippen LogP contribution >= 0.6 is 0 Å². The van der Waals surface area contributed by atoms with Gasteiger partial charge in [0.2, 0.25) is 16.4 Å². The number of benzene rings is 1. The van der Waals surface area contributed by atoms with Gasteiger partial charge >= 0.3 is 0 Å². The van der Waals surface area contributed by atoms with Gasteiger partial charge in [-0.2, -0.15) is 4.98 Å². The van der Waals surface area contributed by atoms with Crippen LogP contribution < -0.4 is 0 Å². The van der Waals surface area contributed by atoms with Crippen molar-refractivity contribution in [1.82, 2.24) is 14.4 Å². The van der Waals surface area contributed by atoms with Crippen molar-refractivity contribution in [3.05, 3.63) is 48.1 Å². The Balaban J connectivity index is 1.68. The number of aromatic nitrogens is 2. The largest absolute Gasteiger partial charge is 0.343 e. The van der Waals surface area contributed by atoms with E-state index in [2.05, 4.69) is 10.1 Å². The predicted octanol–water partition coefficient (Wildman–Crippen LogP) is 1.74. The Labute approximate surface area is 129 Å². The molecule has 2 aliphatic rings. The van der Waals surface area contributed by atoms with Crippen LogP contribution in [0.1, 0.15) is 36.1 Å². The zero-order valence-corrected chi connectivity index (χ0v) is 12.8. The molecular weight excluding hydrogens is 302 g/mol. The summed E-state index contributed by atoms with van der Waals surface area (Å²) in [7, 11) is -3.18. The number of hydrogen-bond donors (Lipinski definition) is 0. The molecule has 6 nitrogen and oxygen atoms in total. The van der Waals surface area contributed by atoms with E-state index in [4.69, 9.17) is 4.52 Å². The highest BCUT2D eigenvalue weighted by molar-refractivity contribution is 7.90. The Kier molecular flexibility index (Phi) is 3.27. The maximum absolute atomic E-state index is 12.5. The first-order valence-corrected chi connectivity index (χ1v) is 8.97. The summed E-state index contributed by atoms with van der Waals surface area (Å²) < 4.78 is 31.6. The highest BCUT2D eigenvalue weighted by Crippen LogP contribution is 2.42. The lowest BCUT2D eigenvalue weighted by atomic mass is 9.88. The Bertz CT molecular complexity index is 742. The predicted molar refractivity (Wildman–Crippen MR) is 79.7 cm³/mol. The first kappa shape index (κ1) is 13.9. The van der Waals surface area contributed by atoms with Gasteiger partial charge < -0.3 is 4.52 Å². The molecule has 0 radical (unpaired) electrons. The van der Waals surface area contributed by atoms with Gasteiger partial charge in [0.05, 0.1) is 5.25 Å². The molecule has 1 saturated carbocycles. The normalized spacial score (nSPS) is 26.4. The number of nitrogens with zero attached hydrogens (tertiary/aromatic N) is 3. The molecule has 2 atom stereocenters. The smallest absolute Gasteiger partial charge is 0.217 e. The van der Waals surface area contributed by atoms with Crippen LogP contribution in [0.25, 0.3) is 0 Å². The number of rotatable bonds is 4. The van der Waals surface area contributed by atoms with Crippen molar-refractivity contribution >= 4 is 10.0 Å². The molecule has 0 spiro atoms. The van der Waals surface area contributed by atoms with Crippen LogP contribution in [-0.2, 0) is 10.0 Å². The maximum atomic E-state index is 12.5. The van der Waals surface area contributed by atoms with E-state index in [0.717, 1.165) is 18.4 Å². The van der Waals surface area contributed by atoms with Gasteiger partial charge in [0.25, 0.3) is 0 Å². The van der Waals surface area contributed by atoms with Crippen molar-refractivity contribution in [2.24, 2.45) is 0 Å². The van der Waals surface area contributed by atoms with Crippen LogP contribution in [-0.4, -0.2) is 41.2 Å². The molecule has 22 heavy (non-hydrogen) atoms. The summed E-state index contributed by atoms with van der Waals surface area (Å²) in [5, 5.41) is 3.76. The molecule has 1 saturated heterocycles. The third-order valence-electron chi connectivity index (χ3n) is 4.53. The third kappa shape index (κ3) is 2.34. The van der Waals surface area contributed by atoms with Gasteiger partial charge in [0.1, 0.15) is 0 Å². The van der Waals surface area contributed by atoms with Gasteiger partial charge in [-0.25, -0.2) is 12.7 Å². The molecule has 1 aliphatic carbocycles. The topological polar surface area (TPSA) is 76.3 Å². The monoisotopic (exact) mass is 319 g/mol. The van der Waals surface area contributed by atoms with E-state index in [0.29, 0.717) is 18.9 Å². The van der Waals surface area contributed by atoms with Gasteiger partial charge in [-0.1, -0.05) is 35.5 Å². The second-order valence-corrected chi connectivity index (χ2v) is 8.19. The molecule has 1 aliphatic heterocycles. The summed E-state index contributed by atoms with van der Waals surface area (Å²) in [6.07, 6.45) is 2.86. The lowest BCUT2D eigenvalue weighted by Gasteiger charge is -2.16. The molecule has 2 fully saturated rings. The Morgan fingerprint density at radius 1 is 1.09 bits per heavy atom. The van der Waals surface area contributed by atoms with E-state index in [1.54, 1.807) is 4.31 Å². The lowest BCUT2D eigenvalue weighted by Crippen LogP contribution is -2.32. The summed E-state index contributed by atoms with van der Waals surface area (Å²) in [4.78, 5) is 4.15. The molecule has 4 rings (SSSR count). The minimum Gasteiger partial charge on any atom is -0.343 e. The van der Waals surface area contributed by atoms with E-state index in [9.17, 15) is 8.42 Å². The standard InChI is InChI=1S/C15H17N3O3S/c19-22(20,12-6-7-12)18-8-13(11-4-2-1-3-5-11)14(9-18)15-16-10-21-17-15/h1-5,10,12-14H,6-9H2/t13-,14-/m1/s1. The second-order valence-electron chi connectivity index (χ2n) is 5.97. The summed E-state index contributed by atoms with van der Waals surface area (Å²) in [6.45, 7) is 0.917. The number of sulfonamides is 1. The van der Waals surface area contributed by atoms with E-state index >= 15 is 0 Å². The van der Waals surface area contributed by atoms with E-state index in [-0.39, 0.29) is 17.1 Å². The Morgan fingerprint density at radius 3 is 2.45 bits per heavy atom. The third-order valence-corrected chi connectivity index (χ3v) is 6.86. The highest BCUT2D eigenvalue weighted by atomic mass is 32.2. The van der Waals surface area contributed by atoms with E-state index in [1.807, 2.05) is 30.3 Å². The molecule has 1 aromatic carbocycles. The summed E-state index contributed by atoms with van der Waals surface area (Å²) >= 11 is 0. The number of hydrogen-bond acceptors (Lipinski definition) is 5. The van der Waals surface area contributed by atoms with Crippen molar-refractivity contribution < 1.29 is 12.9 Å².